The van der Waals surface area contributed by atoms with Crippen LogP contribution in [0, 0.1) is 5.92 Å². The monoisotopic (exact) mass is 154 g/mol. The van der Waals surface area contributed by atoms with Crippen LogP contribution in [0.5, 0.6) is 0 Å². The summed E-state index contributed by atoms with van der Waals surface area (Å²) < 4.78 is 0. The Balaban J connectivity index is 3.44. The maximum Gasteiger partial charge on any atom is -0.0211 e. The van der Waals surface area contributed by atoms with Gasteiger partial charge in [-0.1, -0.05) is 45.3 Å². The third-order valence-corrected chi connectivity index (χ3v) is 2.35. The fourth-order valence-electron chi connectivity index (χ4n) is 1.44. The lowest BCUT2D eigenvalue weighted by molar-refractivity contribution is 0.505. The molecule has 0 bridgehead atoms. The molecule has 0 heteroatoms. The lowest BCUT2D eigenvalue weighted by atomic mass is 9.93. The largest absolute Gasteiger partial charge is 0.0999 e. The molecule has 0 aliphatic rings. The predicted molar refractivity (Wildman–Crippen MR) is 52.7 cm³/mol. The Hall–Kier alpha value is -0.260. The molecule has 0 aromatic rings. The van der Waals surface area contributed by atoms with Crippen LogP contribution >= 0.6 is 0 Å². The van der Waals surface area contributed by atoms with Gasteiger partial charge in [-0.15, -0.1) is 0 Å². The first kappa shape index (κ1) is 10.7. The first-order chi connectivity index (χ1) is 5.22. The van der Waals surface area contributed by atoms with E-state index in [0.29, 0.717) is 0 Å². The van der Waals surface area contributed by atoms with E-state index in [9.17, 15) is 0 Å². The van der Waals surface area contributed by atoms with Crippen molar-refractivity contribution in [1.29, 1.82) is 0 Å². The average molecular weight is 154 g/mol. The highest BCUT2D eigenvalue weighted by Crippen LogP contribution is 2.19. The van der Waals surface area contributed by atoms with Crippen LogP contribution in [-0.4, -0.2) is 0 Å². The van der Waals surface area contributed by atoms with Crippen molar-refractivity contribution >= 4 is 0 Å². The van der Waals surface area contributed by atoms with Gasteiger partial charge in [0.05, 0.1) is 0 Å². The van der Waals surface area contributed by atoms with Crippen molar-refractivity contribution in [1.82, 2.24) is 0 Å². The molecule has 1 unspecified atom stereocenters. The summed E-state index contributed by atoms with van der Waals surface area (Å²) in [5.41, 5.74) is 1.36. The van der Waals surface area contributed by atoms with Gasteiger partial charge >= 0.3 is 0 Å². The van der Waals surface area contributed by atoms with Gasteiger partial charge in [0.1, 0.15) is 0 Å². The maximum atomic E-state index is 4.01. The second-order valence-electron chi connectivity index (χ2n) is 3.45. The summed E-state index contributed by atoms with van der Waals surface area (Å²) in [4.78, 5) is 0. The molecule has 66 valence electrons. The van der Waals surface area contributed by atoms with E-state index in [4.69, 9.17) is 0 Å². The molecular weight excluding hydrogens is 132 g/mol. The first-order valence-electron chi connectivity index (χ1n) is 4.87. The topological polar surface area (TPSA) is 0 Å². The highest BCUT2D eigenvalue weighted by molar-refractivity contribution is 4.95. The number of allylic oxidation sites excluding steroid dienone is 1. The Morgan fingerprint density at radius 2 is 1.91 bits per heavy atom. The zero-order valence-corrected chi connectivity index (χ0v) is 8.32. The second kappa shape index (κ2) is 6.45. The highest BCUT2D eigenvalue weighted by Gasteiger charge is 2.04. The lowest BCUT2D eigenvalue weighted by Gasteiger charge is -2.13. The Morgan fingerprint density at radius 3 is 2.27 bits per heavy atom. The molecule has 0 saturated heterocycles. The van der Waals surface area contributed by atoms with Crippen LogP contribution < -0.4 is 0 Å². The van der Waals surface area contributed by atoms with E-state index in [1.165, 1.54) is 37.7 Å². The van der Waals surface area contributed by atoms with Gasteiger partial charge in [0.15, 0.2) is 0 Å². The molecule has 0 rings (SSSR count). The van der Waals surface area contributed by atoms with Crippen molar-refractivity contribution in [3.8, 4) is 0 Å². The van der Waals surface area contributed by atoms with E-state index in [0.717, 1.165) is 5.92 Å². The molecule has 0 nitrogen and oxygen atoms in total. The molecule has 0 aliphatic carbocycles. The minimum Gasteiger partial charge on any atom is -0.0999 e. The van der Waals surface area contributed by atoms with Gasteiger partial charge < -0.3 is 0 Å². The van der Waals surface area contributed by atoms with Crippen LogP contribution in [0.2, 0.25) is 0 Å². The molecule has 0 aliphatic heterocycles. The van der Waals surface area contributed by atoms with Crippen LogP contribution in [-0.2, 0) is 0 Å². The molecule has 11 heavy (non-hydrogen) atoms. The van der Waals surface area contributed by atoms with Gasteiger partial charge in [0, 0.05) is 0 Å². The summed E-state index contributed by atoms with van der Waals surface area (Å²) >= 11 is 0. The van der Waals surface area contributed by atoms with Gasteiger partial charge in [-0.05, 0) is 25.7 Å². The standard InChI is InChI=1S/C11H22/c1-5-7-8-9-11(6-2)10(3)4/h11H,3,5-9H2,1-2,4H3. The van der Waals surface area contributed by atoms with Gasteiger partial charge in [-0.3, -0.25) is 0 Å². The van der Waals surface area contributed by atoms with Crippen LogP contribution in [0.1, 0.15) is 52.9 Å². The number of rotatable bonds is 6. The quantitative estimate of drug-likeness (QED) is 0.398. The van der Waals surface area contributed by atoms with Gasteiger partial charge in [-0.2, -0.15) is 0 Å². The molecule has 0 heterocycles. The van der Waals surface area contributed by atoms with Crippen molar-refractivity contribution in [3.05, 3.63) is 12.2 Å². The minimum absolute atomic E-state index is 0.779. The molecule has 0 saturated carbocycles. The Bertz CT molecular complexity index is 103. The molecule has 0 fully saturated rings. The van der Waals surface area contributed by atoms with E-state index >= 15 is 0 Å². The van der Waals surface area contributed by atoms with E-state index in [-0.39, 0.29) is 0 Å². The number of hydrogen-bond donors (Lipinski definition) is 0. The van der Waals surface area contributed by atoms with E-state index < -0.39 is 0 Å². The van der Waals surface area contributed by atoms with Crippen molar-refractivity contribution < 1.29 is 0 Å². The number of hydrogen-bond acceptors (Lipinski definition) is 0. The minimum atomic E-state index is 0.779. The summed E-state index contributed by atoms with van der Waals surface area (Å²) in [5, 5.41) is 0. The Labute approximate surface area is 71.7 Å². The van der Waals surface area contributed by atoms with Crippen molar-refractivity contribution in [2.24, 2.45) is 5.92 Å². The Kier molecular flexibility index (Phi) is 6.30. The summed E-state index contributed by atoms with van der Waals surface area (Å²) in [7, 11) is 0. The fourth-order valence-corrected chi connectivity index (χ4v) is 1.44. The summed E-state index contributed by atoms with van der Waals surface area (Å²) in [6, 6.07) is 0. The second-order valence-corrected chi connectivity index (χ2v) is 3.45. The summed E-state index contributed by atoms with van der Waals surface area (Å²) in [5.74, 6) is 0.779. The molecule has 0 N–H and O–H groups in total. The van der Waals surface area contributed by atoms with Crippen LogP contribution in [0.15, 0.2) is 12.2 Å². The molecular formula is C11H22. The molecule has 0 aromatic heterocycles. The zero-order chi connectivity index (χ0) is 8.69. The van der Waals surface area contributed by atoms with E-state index in [1.807, 2.05) is 0 Å². The van der Waals surface area contributed by atoms with Crippen molar-refractivity contribution in [2.45, 2.75) is 52.9 Å². The fraction of sp³-hybridized carbons (Fsp3) is 0.818. The lowest BCUT2D eigenvalue weighted by Crippen LogP contribution is -1.98. The molecule has 0 spiro atoms. The van der Waals surface area contributed by atoms with E-state index in [2.05, 4.69) is 27.4 Å². The maximum absolute atomic E-state index is 4.01. The van der Waals surface area contributed by atoms with Gasteiger partial charge in [0.2, 0.25) is 0 Å². The molecule has 0 amide bonds. The average Bonchev–Trinajstić information content (AvgIpc) is 1.97. The third-order valence-electron chi connectivity index (χ3n) is 2.35. The van der Waals surface area contributed by atoms with E-state index in [1.54, 1.807) is 0 Å². The summed E-state index contributed by atoms with van der Waals surface area (Å²) in [6.07, 6.45) is 6.69. The number of unbranched alkanes of at least 4 members (excludes halogenated alkanes) is 2. The molecule has 0 aromatic carbocycles. The van der Waals surface area contributed by atoms with Crippen LogP contribution in [0.4, 0.5) is 0 Å². The third kappa shape index (κ3) is 5.06. The SMILES string of the molecule is C=C(C)C(CC)CCCCC. The smallest absolute Gasteiger partial charge is 0.0211 e. The Morgan fingerprint density at radius 1 is 1.27 bits per heavy atom. The first-order valence-corrected chi connectivity index (χ1v) is 4.87. The van der Waals surface area contributed by atoms with Gasteiger partial charge in [-0.25, -0.2) is 0 Å². The molecule has 1 atom stereocenters. The van der Waals surface area contributed by atoms with Crippen LogP contribution in [0.25, 0.3) is 0 Å². The van der Waals surface area contributed by atoms with Crippen molar-refractivity contribution in [2.75, 3.05) is 0 Å². The highest BCUT2D eigenvalue weighted by atomic mass is 14.1. The van der Waals surface area contributed by atoms with Crippen LogP contribution in [0.3, 0.4) is 0 Å². The predicted octanol–water partition coefficient (Wildman–Crippen LogP) is 4.17. The summed E-state index contributed by atoms with van der Waals surface area (Å²) in [6.45, 7) is 10.7. The normalized spacial score (nSPS) is 13.0. The van der Waals surface area contributed by atoms with Crippen molar-refractivity contribution in [3.63, 3.8) is 0 Å². The zero-order valence-electron chi connectivity index (χ0n) is 8.32. The molecule has 0 radical (unpaired) electrons. The van der Waals surface area contributed by atoms with Gasteiger partial charge in [0.25, 0.3) is 0 Å².